The van der Waals surface area contributed by atoms with Gasteiger partial charge in [-0.1, -0.05) is 37.3 Å². The number of carbonyl (C=O) groups is 3. The minimum absolute atomic E-state index is 0.0303. The fraction of sp³-hybridized carbons (Fsp3) is 0.375. The normalized spacial score (nSPS) is 18.7. The maximum Gasteiger partial charge on any atom is 0.227 e. The zero-order valence-corrected chi connectivity index (χ0v) is 17.0. The Hall–Kier alpha value is -2.95. The highest BCUT2D eigenvalue weighted by molar-refractivity contribution is 5.98. The van der Waals surface area contributed by atoms with Gasteiger partial charge in [0, 0.05) is 28.8 Å². The highest BCUT2D eigenvalue weighted by Gasteiger charge is 2.30. The average Bonchev–Trinajstić information content (AvgIpc) is 2.74. The fourth-order valence-corrected chi connectivity index (χ4v) is 3.86. The van der Waals surface area contributed by atoms with E-state index in [1.54, 1.807) is 24.3 Å². The number of ketones is 1. The third kappa shape index (κ3) is 5.31. The van der Waals surface area contributed by atoms with E-state index in [1.165, 1.54) is 6.92 Å². The van der Waals surface area contributed by atoms with Crippen molar-refractivity contribution in [2.24, 2.45) is 11.8 Å². The van der Waals surface area contributed by atoms with Crippen LogP contribution in [0.3, 0.4) is 0 Å². The number of anilines is 2. The molecule has 3 rings (SSSR count). The van der Waals surface area contributed by atoms with E-state index in [9.17, 15) is 14.4 Å². The Kier molecular flexibility index (Phi) is 6.81. The smallest absolute Gasteiger partial charge is 0.227 e. The minimum atomic E-state index is -0.108. The molecule has 2 N–H and O–H groups in total. The first-order valence-corrected chi connectivity index (χ1v) is 10.3. The summed E-state index contributed by atoms with van der Waals surface area (Å²) in [6.45, 7) is 3.58. The van der Waals surface area contributed by atoms with Crippen molar-refractivity contribution >= 4 is 29.0 Å². The topological polar surface area (TPSA) is 75.3 Å². The molecule has 5 nitrogen and oxygen atoms in total. The van der Waals surface area contributed by atoms with Crippen LogP contribution in [0.2, 0.25) is 0 Å². The Morgan fingerprint density at radius 2 is 1.48 bits per heavy atom. The molecule has 0 aromatic heterocycles. The van der Waals surface area contributed by atoms with Crippen LogP contribution in [0.5, 0.6) is 0 Å². The molecule has 2 aromatic rings. The summed E-state index contributed by atoms with van der Waals surface area (Å²) in [5, 5.41) is 5.97. The van der Waals surface area contributed by atoms with E-state index in [0.717, 1.165) is 17.7 Å². The van der Waals surface area contributed by atoms with Crippen LogP contribution >= 0.6 is 0 Å². The summed E-state index contributed by atoms with van der Waals surface area (Å²) in [7, 11) is 0. The Morgan fingerprint density at radius 3 is 2.10 bits per heavy atom. The molecular weight excluding hydrogens is 364 g/mol. The molecule has 0 aliphatic heterocycles. The lowest BCUT2D eigenvalue weighted by Gasteiger charge is -2.27. The molecule has 152 valence electrons. The van der Waals surface area contributed by atoms with Crippen molar-refractivity contribution in [2.75, 3.05) is 10.6 Å². The van der Waals surface area contributed by atoms with E-state index in [4.69, 9.17) is 0 Å². The molecule has 0 radical (unpaired) electrons. The maximum atomic E-state index is 12.7. The summed E-state index contributed by atoms with van der Waals surface area (Å²) in [5.74, 6) is -0.204. The number of hydrogen-bond donors (Lipinski definition) is 2. The van der Waals surface area contributed by atoms with Crippen molar-refractivity contribution in [2.45, 2.75) is 46.0 Å². The van der Waals surface area contributed by atoms with Crippen LogP contribution in [0.15, 0.2) is 48.5 Å². The van der Waals surface area contributed by atoms with Gasteiger partial charge in [-0.2, -0.15) is 0 Å². The van der Waals surface area contributed by atoms with E-state index in [0.29, 0.717) is 36.9 Å². The summed E-state index contributed by atoms with van der Waals surface area (Å²) in [6.07, 6.45) is 3.64. The largest absolute Gasteiger partial charge is 0.326 e. The van der Waals surface area contributed by atoms with Gasteiger partial charge >= 0.3 is 0 Å². The number of hydrogen-bond acceptors (Lipinski definition) is 3. The first-order chi connectivity index (χ1) is 14.0. The Balaban J connectivity index is 1.53. The third-order valence-corrected chi connectivity index (χ3v) is 5.66. The molecule has 0 spiro atoms. The lowest BCUT2D eigenvalue weighted by atomic mass is 9.81. The minimum Gasteiger partial charge on any atom is -0.326 e. The van der Waals surface area contributed by atoms with Crippen LogP contribution in [-0.2, 0) is 16.0 Å². The number of para-hydroxylation sites is 1. The second-order valence-corrected chi connectivity index (χ2v) is 7.67. The van der Waals surface area contributed by atoms with Crippen molar-refractivity contribution in [3.05, 3.63) is 59.7 Å². The van der Waals surface area contributed by atoms with E-state index >= 15 is 0 Å². The monoisotopic (exact) mass is 392 g/mol. The van der Waals surface area contributed by atoms with Gasteiger partial charge in [-0.15, -0.1) is 0 Å². The predicted molar refractivity (Wildman–Crippen MR) is 115 cm³/mol. The van der Waals surface area contributed by atoms with Gasteiger partial charge in [0.15, 0.2) is 5.78 Å². The Bertz CT molecular complexity index is 899. The number of aryl methyl sites for hydroxylation is 1. The van der Waals surface area contributed by atoms with Gasteiger partial charge in [0.05, 0.1) is 0 Å². The molecule has 1 aliphatic rings. The number of rotatable bonds is 6. The molecule has 0 heterocycles. The lowest BCUT2D eigenvalue weighted by Crippen LogP contribution is -2.32. The van der Waals surface area contributed by atoms with E-state index < -0.39 is 0 Å². The SMILES string of the molecule is CCc1ccccc1NC(=O)C1CCC(C(=O)Nc2cccc(C(C)=O)c2)CC1. The summed E-state index contributed by atoms with van der Waals surface area (Å²) >= 11 is 0. The third-order valence-electron chi connectivity index (χ3n) is 5.66. The lowest BCUT2D eigenvalue weighted by molar-refractivity contribution is -0.125. The van der Waals surface area contributed by atoms with Gasteiger partial charge in [0.25, 0.3) is 0 Å². The Morgan fingerprint density at radius 1 is 0.862 bits per heavy atom. The van der Waals surface area contributed by atoms with Crippen molar-refractivity contribution in [1.82, 2.24) is 0 Å². The van der Waals surface area contributed by atoms with E-state index in [1.807, 2.05) is 24.3 Å². The molecule has 5 heteroatoms. The van der Waals surface area contributed by atoms with Crippen molar-refractivity contribution < 1.29 is 14.4 Å². The molecule has 0 saturated heterocycles. The van der Waals surface area contributed by atoms with Crippen LogP contribution in [-0.4, -0.2) is 17.6 Å². The summed E-state index contributed by atoms with van der Waals surface area (Å²) in [5.41, 5.74) is 3.22. The quantitative estimate of drug-likeness (QED) is 0.691. The zero-order valence-electron chi connectivity index (χ0n) is 17.0. The molecule has 1 aliphatic carbocycles. The average molecular weight is 392 g/mol. The van der Waals surface area contributed by atoms with Gasteiger partial charge < -0.3 is 10.6 Å². The van der Waals surface area contributed by atoms with Gasteiger partial charge in [-0.3, -0.25) is 14.4 Å². The molecule has 1 saturated carbocycles. The Labute approximate surface area is 171 Å². The standard InChI is InChI=1S/C24H28N2O3/c1-3-17-7-4-5-10-22(17)26-24(29)19-13-11-18(12-14-19)23(28)25-21-9-6-8-20(15-21)16(2)27/h4-10,15,18-19H,3,11-14H2,1-2H3,(H,25,28)(H,26,29). The molecule has 0 atom stereocenters. The molecule has 2 aromatic carbocycles. The van der Waals surface area contributed by atoms with Gasteiger partial charge in [0.1, 0.15) is 0 Å². The highest BCUT2D eigenvalue weighted by atomic mass is 16.2. The fourth-order valence-electron chi connectivity index (χ4n) is 3.86. The van der Waals surface area contributed by atoms with Crippen molar-refractivity contribution in [3.63, 3.8) is 0 Å². The van der Waals surface area contributed by atoms with E-state index in [-0.39, 0.29) is 29.4 Å². The first-order valence-electron chi connectivity index (χ1n) is 10.3. The molecule has 0 bridgehead atoms. The van der Waals surface area contributed by atoms with Crippen molar-refractivity contribution in [1.29, 1.82) is 0 Å². The number of nitrogens with one attached hydrogen (secondary N) is 2. The highest BCUT2D eigenvalue weighted by Crippen LogP contribution is 2.31. The van der Waals surface area contributed by atoms with Crippen LogP contribution in [0.1, 0.15) is 55.5 Å². The summed E-state index contributed by atoms with van der Waals surface area (Å²) < 4.78 is 0. The van der Waals surface area contributed by atoms with E-state index in [2.05, 4.69) is 17.6 Å². The number of carbonyl (C=O) groups excluding carboxylic acids is 3. The number of Topliss-reactive ketones (excluding diaryl/α,β-unsaturated/α-hetero) is 1. The maximum absolute atomic E-state index is 12.7. The predicted octanol–water partition coefficient (Wildman–Crippen LogP) is 4.84. The molecule has 0 unspecified atom stereocenters. The first kappa shape index (κ1) is 20.8. The molecule has 1 fully saturated rings. The molecule has 29 heavy (non-hydrogen) atoms. The van der Waals surface area contributed by atoms with Crippen LogP contribution in [0.4, 0.5) is 11.4 Å². The summed E-state index contributed by atoms with van der Waals surface area (Å²) in [4.78, 5) is 36.8. The van der Waals surface area contributed by atoms with Crippen molar-refractivity contribution in [3.8, 4) is 0 Å². The summed E-state index contributed by atoms with van der Waals surface area (Å²) in [6, 6.07) is 14.9. The van der Waals surface area contributed by atoms with Crippen LogP contribution in [0, 0.1) is 11.8 Å². The molecule has 2 amide bonds. The zero-order chi connectivity index (χ0) is 20.8. The number of amides is 2. The second kappa shape index (κ2) is 9.50. The molecular formula is C24H28N2O3. The van der Waals surface area contributed by atoms with Gasteiger partial charge in [-0.05, 0) is 62.8 Å². The van der Waals surface area contributed by atoms with Gasteiger partial charge in [-0.25, -0.2) is 0 Å². The van der Waals surface area contributed by atoms with Gasteiger partial charge in [0.2, 0.25) is 11.8 Å². The number of benzene rings is 2. The van der Waals surface area contributed by atoms with Crippen LogP contribution < -0.4 is 10.6 Å². The second-order valence-electron chi connectivity index (χ2n) is 7.67. The van der Waals surface area contributed by atoms with Crippen LogP contribution in [0.25, 0.3) is 0 Å².